The Morgan fingerprint density at radius 1 is 0.720 bits per heavy atom. The van der Waals surface area contributed by atoms with Crippen LogP contribution in [0.5, 0.6) is 0 Å². The molecule has 1 aromatic carbocycles. The average molecular weight is 360 g/mol. The first kappa shape index (κ1) is 23.3. The topological polar surface area (TPSA) is 246 Å². The molecule has 0 saturated heterocycles. The molecule has 136 valence electrons. The van der Waals surface area contributed by atoms with E-state index in [0.29, 0.717) is 10.9 Å². The highest BCUT2D eigenvalue weighted by molar-refractivity contribution is 6.27. The second-order valence-electron chi connectivity index (χ2n) is 3.67. The minimum atomic E-state index is -1.82. The van der Waals surface area contributed by atoms with Gasteiger partial charge in [-0.1, -0.05) is 12.1 Å². The molecule has 0 saturated carbocycles. The van der Waals surface area contributed by atoms with Gasteiger partial charge in [-0.15, -0.1) is 0 Å². The molecule has 25 heavy (non-hydrogen) atoms. The number of carbonyl (C=O) groups is 4. The van der Waals surface area contributed by atoms with E-state index in [4.69, 9.17) is 39.6 Å². The summed E-state index contributed by atoms with van der Waals surface area (Å²) in [4.78, 5) is 63.0. The van der Waals surface area contributed by atoms with Crippen molar-refractivity contribution in [2.24, 2.45) is 0 Å². The Labute approximate surface area is 136 Å². The van der Waals surface area contributed by atoms with E-state index in [9.17, 15) is 9.59 Å². The minimum Gasteiger partial charge on any atom is -0.473 e. The summed E-state index contributed by atoms with van der Waals surface area (Å²) < 4.78 is 0. The molecule has 13 nitrogen and oxygen atoms in total. The molecule has 0 aliphatic carbocycles. The number of fused-ring (bicyclic) bond motifs is 1. The zero-order valence-electron chi connectivity index (χ0n) is 12.0. The van der Waals surface area contributed by atoms with Crippen LogP contribution in [0.2, 0.25) is 0 Å². The van der Waals surface area contributed by atoms with Crippen molar-refractivity contribution in [3.05, 3.63) is 45.1 Å². The number of aliphatic carboxylic acids is 4. The summed E-state index contributed by atoms with van der Waals surface area (Å²) in [5, 5.41) is 30.1. The van der Waals surface area contributed by atoms with Crippen LogP contribution in [-0.4, -0.2) is 59.7 Å². The van der Waals surface area contributed by atoms with Gasteiger partial charge in [-0.05, 0) is 12.1 Å². The predicted octanol–water partition coefficient (Wildman–Crippen LogP) is -2.30. The number of hydrogen-bond donors (Lipinski definition) is 6. The van der Waals surface area contributed by atoms with Gasteiger partial charge in [-0.25, -0.2) is 24.0 Å². The molecule has 1 heterocycles. The van der Waals surface area contributed by atoms with Crippen LogP contribution in [-0.2, 0) is 19.2 Å². The number of para-hydroxylation sites is 1. The second kappa shape index (κ2) is 10.7. The van der Waals surface area contributed by atoms with Gasteiger partial charge in [0.05, 0.1) is 10.9 Å². The number of carboxylic acid groups (broad SMARTS) is 4. The van der Waals surface area contributed by atoms with Gasteiger partial charge in [0.25, 0.3) is 5.56 Å². The molecular weight excluding hydrogens is 348 g/mol. The maximum atomic E-state index is 11.1. The Kier molecular flexibility index (Phi) is 9.94. The van der Waals surface area contributed by atoms with E-state index >= 15 is 0 Å². The summed E-state index contributed by atoms with van der Waals surface area (Å²) >= 11 is 0. The number of H-pyrrole nitrogens is 2. The van der Waals surface area contributed by atoms with Gasteiger partial charge in [-0.3, -0.25) is 9.78 Å². The van der Waals surface area contributed by atoms with Gasteiger partial charge < -0.3 is 30.9 Å². The highest BCUT2D eigenvalue weighted by Gasteiger charge is 2.04. The van der Waals surface area contributed by atoms with Gasteiger partial charge in [0, 0.05) is 0 Å². The molecule has 1 aromatic heterocycles. The number of carboxylic acids is 4. The molecule has 0 aliphatic rings. The molecule has 0 aliphatic heterocycles. The molecule has 0 fully saturated rings. The first-order valence-electron chi connectivity index (χ1n) is 5.70. The monoisotopic (exact) mass is 360 g/mol. The molecule has 0 bridgehead atoms. The fourth-order valence-electron chi connectivity index (χ4n) is 1.11. The van der Waals surface area contributed by atoms with Crippen molar-refractivity contribution >= 4 is 34.8 Å². The van der Waals surface area contributed by atoms with Crippen molar-refractivity contribution in [1.29, 1.82) is 0 Å². The van der Waals surface area contributed by atoms with Crippen molar-refractivity contribution < 1.29 is 45.1 Å². The summed E-state index contributed by atoms with van der Waals surface area (Å²) in [6, 6.07) is 6.85. The largest absolute Gasteiger partial charge is 0.473 e. The Bertz CT molecular complexity index is 832. The number of benzene rings is 1. The zero-order chi connectivity index (χ0) is 18.9. The van der Waals surface area contributed by atoms with Gasteiger partial charge in [0.2, 0.25) is 0 Å². The van der Waals surface area contributed by atoms with E-state index in [1.54, 1.807) is 24.3 Å². The van der Waals surface area contributed by atoms with E-state index < -0.39 is 29.6 Å². The Balaban J connectivity index is 0. The molecule has 13 heteroatoms. The summed E-state index contributed by atoms with van der Waals surface area (Å²) in [7, 11) is 0. The predicted molar refractivity (Wildman–Crippen MR) is 79.3 cm³/mol. The van der Waals surface area contributed by atoms with E-state index in [1.807, 2.05) is 0 Å². The van der Waals surface area contributed by atoms with E-state index in [2.05, 4.69) is 9.97 Å². The third kappa shape index (κ3) is 8.89. The fourth-order valence-corrected chi connectivity index (χ4v) is 1.11. The van der Waals surface area contributed by atoms with E-state index in [-0.39, 0.29) is 11.0 Å². The summed E-state index contributed by atoms with van der Waals surface area (Å²) in [6.45, 7) is 0. The van der Waals surface area contributed by atoms with Gasteiger partial charge >= 0.3 is 29.6 Å². The van der Waals surface area contributed by atoms with Crippen LogP contribution in [0.15, 0.2) is 33.9 Å². The molecule has 0 spiro atoms. The van der Waals surface area contributed by atoms with Crippen molar-refractivity contribution in [2.45, 2.75) is 0 Å². The quantitative estimate of drug-likeness (QED) is 0.274. The Hall–Kier alpha value is -4.00. The number of hydrogen-bond acceptors (Lipinski definition) is 6. The number of aromatic amines is 2. The van der Waals surface area contributed by atoms with E-state index in [0.717, 1.165) is 0 Å². The third-order valence-corrected chi connectivity index (χ3v) is 2.01. The smallest absolute Gasteiger partial charge is 0.414 e. The molecule has 8 N–H and O–H groups in total. The highest BCUT2D eigenvalue weighted by Crippen LogP contribution is 2.01. The Morgan fingerprint density at radius 3 is 1.52 bits per heavy atom. The molecule has 0 radical (unpaired) electrons. The normalized spacial score (nSPS) is 8.48. The highest BCUT2D eigenvalue weighted by atomic mass is 16.4. The standard InChI is InChI=1S/C8H6N2O2.2C2H2O4.H2O/c11-7-5-3-1-2-4-6(5)9-8(12)10-7;2*3-1(4)2(5)6;/h1-4H,(H2,9,10,11,12);2*(H,3,4)(H,5,6);1H2. The average Bonchev–Trinajstić information content (AvgIpc) is 2.48. The summed E-state index contributed by atoms with van der Waals surface area (Å²) in [5.74, 6) is -7.30. The first-order chi connectivity index (χ1) is 11.1. The van der Waals surface area contributed by atoms with Gasteiger partial charge in [0.15, 0.2) is 0 Å². The molecule has 0 amide bonds. The molecule has 2 rings (SSSR count). The van der Waals surface area contributed by atoms with Gasteiger partial charge in [0.1, 0.15) is 0 Å². The van der Waals surface area contributed by atoms with Crippen molar-refractivity contribution in [2.75, 3.05) is 0 Å². The van der Waals surface area contributed by atoms with Crippen LogP contribution in [0.3, 0.4) is 0 Å². The third-order valence-electron chi connectivity index (χ3n) is 2.01. The minimum absolute atomic E-state index is 0. The number of aromatic nitrogens is 2. The lowest BCUT2D eigenvalue weighted by Gasteiger charge is -1.92. The lowest BCUT2D eigenvalue weighted by atomic mass is 10.2. The Morgan fingerprint density at radius 2 is 1.12 bits per heavy atom. The van der Waals surface area contributed by atoms with E-state index in [1.165, 1.54) is 0 Å². The number of nitrogens with one attached hydrogen (secondary N) is 2. The maximum Gasteiger partial charge on any atom is 0.414 e. The summed E-state index contributed by atoms with van der Waals surface area (Å²) in [6.07, 6.45) is 0. The maximum absolute atomic E-state index is 11.1. The number of rotatable bonds is 0. The van der Waals surface area contributed by atoms with Crippen molar-refractivity contribution in [3.8, 4) is 0 Å². The lowest BCUT2D eigenvalue weighted by molar-refractivity contribution is -0.159. The van der Waals surface area contributed by atoms with Crippen LogP contribution in [0.1, 0.15) is 0 Å². The second-order valence-corrected chi connectivity index (χ2v) is 3.67. The van der Waals surface area contributed by atoms with Crippen LogP contribution < -0.4 is 11.2 Å². The molecule has 0 atom stereocenters. The zero-order valence-corrected chi connectivity index (χ0v) is 12.0. The van der Waals surface area contributed by atoms with Crippen LogP contribution in [0, 0.1) is 0 Å². The van der Waals surface area contributed by atoms with Crippen LogP contribution in [0.4, 0.5) is 0 Å². The summed E-state index contributed by atoms with van der Waals surface area (Å²) in [5.41, 5.74) is -0.265. The molecule has 0 unspecified atom stereocenters. The van der Waals surface area contributed by atoms with Gasteiger partial charge in [-0.2, -0.15) is 0 Å². The molecular formula is C12H12N2O11. The van der Waals surface area contributed by atoms with Crippen molar-refractivity contribution in [1.82, 2.24) is 9.97 Å². The van der Waals surface area contributed by atoms with Crippen LogP contribution >= 0.6 is 0 Å². The van der Waals surface area contributed by atoms with Crippen molar-refractivity contribution in [3.63, 3.8) is 0 Å². The van der Waals surface area contributed by atoms with Crippen LogP contribution in [0.25, 0.3) is 10.9 Å². The first-order valence-corrected chi connectivity index (χ1v) is 5.70. The lowest BCUT2D eigenvalue weighted by Crippen LogP contribution is -2.21. The fraction of sp³-hybridized carbons (Fsp3) is 0. The SMILES string of the molecule is O.O=C(O)C(=O)O.O=C(O)C(=O)O.O=c1[nH]c(=O)c2ccccc2[nH]1. The molecule has 2 aromatic rings.